The molecule has 0 atom stereocenters. The van der Waals surface area contributed by atoms with Crippen molar-refractivity contribution in [3.63, 3.8) is 0 Å². The highest BCUT2D eigenvalue weighted by Crippen LogP contribution is 2.46. The molecule has 0 N–H and O–H groups in total. The van der Waals surface area contributed by atoms with E-state index in [0.717, 1.165) is 37.7 Å². The van der Waals surface area contributed by atoms with Gasteiger partial charge in [-0.2, -0.15) is 0 Å². The Morgan fingerprint density at radius 1 is 1.17 bits per heavy atom. The summed E-state index contributed by atoms with van der Waals surface area (Å²) in [7, 11) is 0. The van der Waals surface area contributed by atoms with Crippen molar-refractivity contribution in [3.05, 3.63) is 34.9 Å². The van der Waals surface area contributed by atoms with E-state index in [2.05, 4.69) is 0 Å². The van der Waals surface area contributed by atoms with Crippen LogP contribution in [0.5, 0.6) is 0 Å². The summed E-state index contributed by atoms with van der Waals surface area (Å²) < 4.78 is 0. The van der Waals surface area contributed by atoms with Crippen LogP contribution in [0, 0.1) is 5.92 Å². The second-order valence-corrected chi connectivity index (χ2v) is 7.27. The normalized spacial score (nSPS) is 20.9. The van der Waals surface area contributed by atoms with E-state index in [0.29, 0.717) is 30.3 Å². The summed E-state index contributed by atoms with van der Waals surface area (Å²) in [5.74, 6) is 0.735. The van der Waals surface area contributed by atoms with Crippen molar-refractivity contribution >= 4 is 23.3 Å². The van der Waals surface area contributed by atoms with E-state index in [4.69, 9.17) is 11.6 Å². The maximum atomic E-state index is 13.1. The number of carbonyl (C=O) groups is 2. The predicted octanol–water partition coefficient (Wildman–Crippen LogP) is 3.98. The van der Waals surface area contributed by atoms with Crippen LogP contribution >= 0.6 is 11.6 Å². The van der Waals surface area contributed by atoms with Gasteiger partial charge in [-0.3, -0.25) is 9.59 Å². The first-order chi connectivity index (χ1) is 11.1. The minimum Gasteiger partial charge on any atom is -0.342 e. The molecule has 1 saturated heterocycles. The molecule has 0 spiro atoms. The first kappa shape index (κ1) is 16.5. The average Bonchev–Trinajstić information content (AvgIpc) is 2.55. The Hall–Kier alpha value is -1.35. The predicted molar refractivity (Wildman–Crippen MR) is 91.6 cm³/mol. The van der Waals surface area contributed by atoms with Crippen LogP contribution in [0.2, 0.25) is 5.02 Å². The van der Waals surface area contributed by atoms with Crippen molar-refractivity contribution in [2.24, 2.45) is 5.92 Å². The van der Waals surface area contributed by atoms with Gasteiger partial charge in [0.1, 0.15) is 5.78 Å². The highest BCUT2D eigenvalue weighted by Gasteiger charge is 2.48. The number of amides is 1. The Kier molecular flexibility index (Phi) is 4.77. The molecular formula is C19H24ClNO2. The van der Waals surface area contributed by atoms with Crippen molar-refractivity contribution in [1.82, 2.24) is 4.90 Å². The van der Waals surface area contributed by atoms with E-state index in [9.17, 15) is 9.59 Å². The minimum atomic E-state index is -0.355. The second-order valence-electron chi connectivity index (χ2n) is 6.83. The van der Waals surface area contributed by atoms with Crippen molar-refractivity contribution in [1.29, 1.82) is 0 Å². The van der Waals surface area contributed by atoms with Gasteiger partial charge in [0.25, 0.3) is 0 Å². The van der Waals surface area contributed by atoms with E-state index in [1.54, 1.807) is 0 Å². The van der Waals surface area contributed by atoms with Gasteiger partial charge in [0.15, 0.2) is 0 Å². The van der Waals surface area contributed by atoms with Gasteiger partial charge in [-0.1, -0.05) is 37.1 Å². The molecule has 1 aromatic rings. The van der Waals surface area contributed by atoms with Gasteiger partial charge >= 0.3 is 0 Å². The molecule has 4 heteroatoms. The number of benzene rings is 1. The standard InChI is InChI=1S/C19H24ClNO2/c1-2-17(22)14-8-12-21(13-9-14)18(23)19(10-3-11-19)15-4-6-16(20)7-5-15/h4-7,14H,2-3,8-13H2,1H3. The molecular weight excluding hydrogens is 310 g/mol. The van der Waals surface area contributed by atoms with E-state index >= 15 is 0 Å². The molecule has 124 valence electrons. The summed E-state index contributed by atoms with van der Waals surface area (Å²) in [4.78, 5) is 27.0. The Morgan fingerprint density at radius 2 is 1.78 bits per heavy atom. The van der Waals surface area contributed by atoms with Gasteiger partial charge in [-0.25, -0.2) is 0 Å². The first-order valence-electron chi connectivity index (χ1n) is 8.65. The van der Waals surface area contributed by atoms with Crippen molar-refractivity contribution in [3.8, 4) is 0 Å². The number of carbonyl (C=O) groups excluding carboxylic acids is 2. The summed E-state index contributed by atoms with van der Waals surface area (Å²) >= 11 is 5.98. The molecule has 1 aliphatic heterocycles. The van der Waals surface area contributed by atoms with Crippen LogP contribution in [0.3, 0.4) is 0 Å². The zero-order chi connectivity index (χ0) is 16.4. The molecule has 1 amide bonds. The third kappa shape index (κ3) is 3.03. The van der Waals surface area contributed by atoms with Crippen LogP contribution in [-0.2, 0) is 15.0 Å². The fraction of sp³-hybridized carbons (Fsp3) is 0.579. The van der Waals surface area contributed by atoms with Crippen LogP contribution in [-0.4, -0.2) is 29.7 Å². The number of Topliss-reactive ketones (excluding diaryl/α,β-unsaturated/α-hetero) is 1. The molecule has 23 heavy (non-hydrogen) atoms. The largest absolute Gasteiger partial charge is 0.342 e. The number of hydrogen-bond acceptors (Lipinski definition) is 2. The van der Waals surface area contributed by atoms with E-state index in [1.807, 2.05) is 36.1 Å². The maximum Gasteiger partial charge on any atom is 0.233 e. The number of rotatable bonds is 4. The highest BCUT2D eigenvalue weighted by molar-refractivity contribution is 6.30. The minimum absolute atomic E-state index is 0.150. The van der Waals surface area contributed by atoms with Crippen LogP contribution in [0.25, 0.3) is 0 Å². The van der Waals surface area contributed by atoms with Gasteiger partial charge in [-0.15, -0.1) is 0 Å². The fourth-order valence-electron chi connectivity index (χ4n) is 3.92. The van der Waals surface area contributed by atoms with Gasteiger partial charge < -0.3 is 4.90 Å². The van der Waals surface area contributed by atoms with E-state index in [1.165, 1.54) is 0 Å². The van der Waals surface area contributed by atoms with E-state index in [-0.39, 0.29) is 17.2 Å². The quantitative estimate of drug-likeness (QED) is 0.835. The molecule has 0 bridgehead atoms. The summed E-state index contributed by atoms with van der Waals surface area (Å²) in [5.41, 5.74) is 0.733. The van der Waals surface area contributed by atoms with Crippen LogP contribution in [0.15, 0.2) is 24.3 Å². The fourth-order valence-corrected chi connectivity index (χ4v) is 4.05. The van der Waals surface area contributed by atoms with Gasteiger partial charge in [0, 0.05) is 30.5 Å². The highest BCUT2D eigenvalue weighted by atomic mass is 35.5. The summed E-state index contributed by atoms with van der Waals surface area (Å²) in [5, 5.41) is 0.703. The van der Waals surface area contributed by atoms with Crippen molar-refractivity contribution < 1.29 is 9.59 Å². The molecule has 0 unspecified atom stereocenters. The Labute approximate surface area is 143 Å². The van der Waals surface area contributed by atoms with Crippen LogP contribution in [0.4, 0.5) is 0 Å². The van der Waals surface area contributed by atoms with Crippen molar-refractivity contribution in [2.75, 3.05) is 13.1 Å². The lowest BCUT2D eigenvalue weighted by atomic mass is 9.63. The number of nitrogens with zero attached hydrogens (tertiary/aromatic N) is 1. The third-order valence-corrected chi connectivity index (χ3v) is 5.85. The molecule has 3 rings (SSSR count). The molecule has 2 fully saturated rings. The number of piperidine rings is 1. The summed E-state index contributed by atoms with van der Waals surface area (Å²) in [6.45, 7) is 3.35. The topological polar surface area (TPSA) is 37.4 Å². The number of hydrogen-bond donors (Lipinski definition) is 0. The second kappa shape index (κ2) is 6.64. The zero-order valence-corrected chi connectivity index (χ0v) is 14.4. The molecule has 0 radical (unpaired) electrons. The molecule has 1 aromatic carbocycles. The Bertz CT molecular complexity index is 584. The first-order valence-corrected chi connectivity index (χ1v) is 9.03. The lowest BCUT2D eigenvalue weighted by Gasteiger charge is -2.45. The SMILES string of the molecule is CCC(=O)C1CCN(C(=O)C2(c3ccc(Cl)cc3)CCC2)CC1. The van der Waals surface area contributed by atoms with Crippen LogP contribution in [0.1, 0.15) is 51.0 Å². The van der Waals surface area contributed by atoms with Gasteiger partial charge in [0.2, 0.25) is 5.91 Å². The maximum absolute atomic E-state index is 13.1. The summed E-state index contributed by atoms with van der Waals surface area (Å²) in [6, 6.07) is 7.73. The molecule has 0 aromatic heterocycles. The van der Waals surface area contributed by atoms with Gasteiger partial charge in [-0.05, 0) is 43.4 Å². The number of halogens is 1. The molecule has 1 aliphatic carbocycles. The Morgan fingerprint density at radius 3 is 2.26 bits per heavy atom. The van der Waals surface area contributed by atoms with E-state index < -0.39 is 0 Å². The lowest BCUT2D eigenvalue weighted by molar-refractivity contribution is -0.143. The molecule has 3 nitrogen and oxygen atoms in total. The third-order valence-electron chi connectivity index (χ3n) is 5.60. The zero-order valence-electron chi connectivity index (χ0n) is 13.7. The lowest BCUT2D eigenvalue weighted by Crippen LogP contribution is -2.53. The summed E-state index contributed by atoms with van der Waals surface area (Å²) in [6.07, 6.45) is 5.17. The number of likely N-dealkylation sites (tertiary alicyclic amines) is 1. The van der Waals surface area contributed by atoms with Gasteiger partial charge in [0.05, 0.1) is 5.41 Å². The molecule has 1 heterocycles. The smallest absolute Gasteiger partial charge is 0.233 e. The number of ketones is 1. The average molecular weight is 334 g/mol. The van der Waals surface area contributed by atoms with Crippen molar-refractivity contribution in [2.45, 2.75) is 50.9 Å². The monoisotopic (exact) mass is 333 g/mol. The Balaban J connectivity index is 1.72. The molecule has 2 aliphatic rings. The van der Waals surface area contributed by atoms with Crippen LogP contribution < -0.4 is 0 Å². The molecule has 1 saturated carbocycles.